The minimum Gasteiger partial charge on any atom is -0.484 e. The highest BCUT2D eigenvalue weighted by Crippen LogP contribution is 2.20. The van der Waals surface area contributed by atoms with Crippen LogP contribution in [0.4, 0.5) is 5.69 Å². The second-order valence-electron chi connectivity index (χ2n) is 7.14. The number of nitrogens with one attached hydrogen (secondary N) is 2. The molecular weight excluding hydrogens is 368 g/mol. The quantitative estimate of drug-likeness (QED) is 0.664. The monoisotopic (exact) mass is 394 g/mol. The van der Waals surface area contributed by atoms with Crippen LogP contribution in [0.15, 0.2) is 48.5 Å². The van der Waals surface area contributed by atoms with Crippen LogP contribution in [0, 0.1) is 0 Å². The number of ether oxygens (including phenoxy) is 1. The number of benzene rings is 2. The molecule has 3 rings (SSSR count). The standard InChI is InChI=1S/C23H26N2O4/c1-2-21(26)16-11-13-18(14-12-16)29-15-22(27)25-20-10-6-5-9-19(20)23(28)24-17-7-3-4-8-17/h5-6,9-14,17H,2-4,7-8,15H2,1H3,(H,24,28)(H,25,27). The first-order valence-corrected chi connectivity index (χ1v) is 10.0. The van der Waals surface area contributed by atoms with Gasteiger partial charge in [-0.05, 0) is 49.2 Å². The zero-order chi connectivity index (χ0) is 20.6. The molecule has 6 heteroatoms. The van der Waals surface area contributed by atoms with E-state index in [0.717, 1.165) is 25.7 Å². The first-order valence-electron chi connectivity index (χ1n) is 10.0. The fourth-order valence-corrected chi connectivity index (χ4v) is 3.40. The van der Waals surface area contributed by atoms with Gasteiger partial charge in [0.05, 0.1) is 11.3 Å². The molecule has 6 nitrogen and oxygen atoms in total. The summed E-state index contributed by atoms with van der Waals surface area (Å²) >= 11 is 0. The summed E-state index contributed by atoms with van der Waals surface area (Å²) in [5.41, 5.74) is 1.52. The summed E-state index contributed by atoms with van der Waals surface area (Å²) in [5, 5.41) is 5.78. The molecule has 0 radical (unpaired) electrons. The molecule has 0 aromatic heterocycles. The molecule has 0 bridgehead atoms. The molecular formula is C23H26N2O4. The number of hydrogen-bond donors (Lipinski definition) is 2. The highest BCUT2D eigenvalue weighted by Gasteiger charge is 2.20. The molecule has 152 valence electrons. The zero-order valence-corrected chi connectivity index (χ0v) is 16.6. The number of rotatable bonds is 8. The fraction of sp³-hybridized carbons (Fsp3) is 0.348. The van der Waals surface area contributed by atoms with Gasteiger partial charge in [0.25, 0.3) is 11.8 Å². The van der Waals surface area contributed by atoms with E-state index >= 15 is 0 Å². The highest BCUT2D eigenvalue weighted by molar-refractivity contribution is 6.04. The Hall–Kier alpha value is -3.15. The minimum atomic E-state index is -0.361. The molecule has 1 aliphatic rings. The van der Waals surface area contributed by atoms with Crippen LogP contribution in [-0.2, 0) is 4.79 Å². The van der Waals surface area contributed by atoms with Gasteiger partial charge in [-0.2, -0.15) is 0 Å². The van der Waals surface area contributed by atoms with Gasteiger partial charge in [-0.3, -0.25) is 14.4 Å². The van der Waals surface area contributed by atoms with E-state index in [1.165, 1.54) is 0 Å². The van der Waals surface area contributed by atoms with Crippen LogP contribution >= 0.6 is 0 Å². The van der Waals surface area contributed by atoms with E-state index in [-0.39, 0.29) is 30.2 Å². The van der Waals surface area contributed by atoms with Gasteiger partial charge in [-0.15, -0.1) is 0 Å². The van der Waals surface area contributed by atoms with Gasteiger partial charge in [-0.25, -0.2) is 0 Å². The maximum Gasteiger partial charge on any atom is 0.262 e. The van der Waals surface area contributed by atoms with E-state index in [0.29, 0.717) is 29.0 Å². The Morgan fingerprint density at radius 1 is 1.00 bits per heavy atom. The predicted molar refractivity (Wildman–Crippen MR) is 111 cm³/mol. The Bertz CT molecular complexity index is 871. The number of Topliss-reactive ketones (excluding diaryl/α,β-unsaturated/α-hetero) is 1. The molecule has 0 spiro atoms. The van der Waals surface area contributed by atoms with E-state index in [9.17, 15) is 14.4 Å². The topological polar surface area (TPSA) is 84.5 Å². The van der Waals surface area contributed by atoms with Gasteiger partial charge in [0.1, 0.15) is 5.75 Å². The van der Waals surface area contributed by atoms with Crippen molar-refractivity contribution in [2.24, 2.45) is 0 Å². The molecule has 1 fully saturated rings. The summed E-state index contributed by atoms with van der Waals surface area (Å²) in [7, 11) is 0. The van der Waals surface area contributed by atoms with Crippen molar-refractivity contribution in [1.82, 2.24) is 5.32 Å². The Morgan fingerprint density at radius 3 is 2.38 bits per heavy atom. The molecule has 0 unspecified atom stereocenters. The van der Waals surface area contributed by atoms with Gasteiger partial charge in [0, 0.05) is 18.0 Å². The summed E-state index contributed by atoms with van der Waals surface area (Å²) in [6.45, 7) is 1.61. The molecule has 1 saturated carbocycles. The highest BCUT2D eigenvalue weighted by atomic mass is 16.5. The number of ketones is 1. The van der Waals surface area contributed by atoms with Crippen LogP contribution in [0.2, 0.25) is 0 Å². The van der Waals surface area contributed by atoms with Crippen molar-refractivity contribution >= 4 is 23.3 Å². The summed E-state index contributed by atoms with van der Waals surface area (Å²) in [6, 6.07) is 13.8. The van der Waals surface area contributed by atoms with Crippen molar-refractivity contribution in [3.8, 4) is 5.75 Å². The smallest absolute Gasteiger partial charge is 0.262 e. The lowest BCUT2D eigenvalue weighted by molar-refractivity contribution is -0.118. The Kier molecular flexibility index (Phi) is 7.00. The largest absolute Gasteiger partial charge is 0.484 e. The van der Waals surface area contributed by atoms with Crippen LogP contribution in [0.1, 0.15) is 59.7 Å². The van der Waals surface area contributed by atoms with Gasteiger partial charge in [-0.1, -0.05) is 31.9 Å². The molecule has 0 saturated heterocycles. The normalized spacial score (nSPS) is 13.7. The minimum absolute atomic E-state index is 0.0572. The third-order valence-corrected chi connectivity index (χ3v) is 5.00. The molecule has 1 aliphatic carbocycles. The lowest BCUT2D eigenvalue weighted by Gasteiger charge is -2.15. The summed E-state index contributed by atoms with van der Waals surface area (Å²) < 4.78 is 5.49. The van der Waals surface area contributed by atoms with Gasteiger partial charge in [0.2, 0.25) is 0 Å². The molecule has 2 aromatic carbocycles. The molecule has 2 aromatic rings. The van der Waals surface area contributed by atoms with Crippen molar-refractivity contribution in [3.63, 3.8) is 0 Å². The Labute approximate surface area is 170 Å². The Morgan fingerprint density at radius 2 is 1.69 bits per heavy atom. The summed E-state index contributed by atoms with van der Waals surface area (Å²) in [5.74, 6) is 0.0200. The number of amides is 2. The number of carbonyl (C=O) groups excluding carboxylic acids is 3. The van der Waals surface area contributed by atoms with E-state index < -0.39 is 0 Å². The maximum absolute atomic E-state index is 12.6. The van der Waals surface area contributed by atoms with E-state index in [4.69, 9.17) is 4.74 Å². The summed E-state index contributed by atoms with van der Waals surface area (Å²) in [4.78, 5) is 36.5. The first kappa shape index (κ1) is 20.6. The molecule has 2 amide bonds. The van der Waals surface area contributed by atoms with Crippen molar-refractivity contribution < 1.29 is 19.1 Å². The second-order valence-corrected chi connectivity index (χ2v) is 7.14. The van der Waals surface area contributed by atoms with Crippen LogP contribution in [-0.4, -0.2) is 30.2 Å². The van der Waals surface area contributed by atoms with E-state index in [1.807, 2.05) is 6.92 Å². The van der Waals surface area contributed by atoms with E-state index in [2.05, 4.69) is 10.6 Å². The molecule has 29 heavy (non-hydrogen) atoms. The van der Waals surface area contributed by atoms with Crippen molar-refractivity contribution in [2.45, 2.75) is 45.1 Å². The maximum atomic E-state index is 12.6. The molecule has 0 atom stereocenters. The predicted octanol–water partition coefficient (Wildman–Crippen LogP) is 3.97. The third kappa shape index (κ3) is 5.67. The Balaban J connectivity index is 1.56. The lowest BCUT2D eigenvalue weighted by Crippen LogP contribution is -2.33. The van der Waals surface area contributed by atoms with E-state index in [1.54, 1.807) is 48.5 Å². The van der Waals surface area contributed by atoms with Gasteiger partial charge < -0.3 is 15.4 Å². The molecule has 0 heterocycles. The number of carbonyl (C=O) groups is 3. The average molecular weight is 394 g/mol. The van der Waals surface area contributed by atoms with Crippen molar-refractivity contribution in [1.29, 1.82) is 0 Å². The fourth-order valence-electron chi connectivity index (χ4n) is 3.40. The SMILES string of the molecule is CCC(=O)c1ccc(OCC(=O)Nc2ccccc2C(=O)NC2CCCC2)cc1. The van der Waals surface area contributed by atoms with Crippen molar-refractivity contribution in [3.05, 3.63) is 59.7 Å². The second kappa shape index (κ2) is 9.87. The van der Waals surface area contributed by atoms with Crippen molar-refractivity contribution in [2.75, 3.05) is 11.9 Å². The van der Waals surface area contributed by atoms with Gasteiger partial charge >= 0.3 is 0 Å². The number of hydrogen-bond acceptors (Lipinski definition) is 4. The van der Waals surface area contributed by atoms with Crippen LogP contribution in [0.25, 0.3) is 0 Å². The van der Waals surface area contributed by atoms with Crippen LogP contribution in [0.3, 0.4) is 0 Å². The number of anilines is 1. The van der Waals surface area contributed by atoms with Crippen LogP contribution < -0.4 is 15.4 Å². The third-order valence-electron chi connectivity index (χ3n) is 5.00. The van der Waals surface area contributed by atoms with Crippen LogP contribution in [0.5, 0.6) is 5.75 Å². The molecule has 2 N–H and O–H groups in total. The zero-order valence-electron chi connectivity index (χ0n) is 16.6. The summed E-state index contributed by atoms with van der Waals surface area (Å²) in [6.07, 6.45) is 4.70. The first-order chi connectivity index (χ1) is 14.1. The average Bonchev–Trinajstić information content (AvgIpc) is 3.25. The number of para-hydroxylation sites is 1. The molecule has 0 aliphatic heterocycles. The van der Waals surface area contributed by atoms with Gasteiger partial charge in [0.15, 0.2) is 12.4 Å². The lowest BCUT2D eigenvalue weighted by atomic mass is 10.1.